The van der Waals surface area contributed by atoms with E-state index in [1.165, 1.54) is 0 Å². The standard InChI is InChI=1S/C16H19N5O2S/c22-24(23)6-3-11(10-24)7-19-16-13-8-18-9-14(13)20-15(21-16)12-1-4-17-5-2-12/h1-2,4-5,11,18H,3,6-10H2,(H,19,20,21)/t11-/m1/s1. The summed E-state index contributed by atoms with van der Waals surface area (Å²) >= 11 is 0. The molecule has 2 aliphatic rings. The van der Waals surface area contributed by atoms with E-state index in [4.69, 9.17) is 0 Å². The average molecular weight is 345 g/mol. The van der Waals surface area contributed by atoms with E-state index in [0.717, 1.165) is 42.1 Å². The quantitative estimate of drug-likeness (QED) is 0.853. The third kappa shape index (κ3) is 3.11. The Morgan fingerprint density at radius 2 is 2.04 bits per heavy atom. The molecule has 7 nitrogen and oxygen atoms in total. The topological polar surface area (TPSA) is 96.9 Å². The summed E-state index contributed by atoms with van der Waals surface area (Å²) in [5.74, 6) is 2.19. The van der Waals surface area contributed by atoms with Gasteiger partial charge in [-0.15, -0.1) is 0 Å². The van der Waals surface area contributed by atoms with Crippen LogP contribution in [0.25, 0.3) is 11.4 Å². The number of rotatable bonds is 4. The van der Waals surface area contributed by atoms with Crippen LogP contribution in [0.1, 0.15) is 17.7 Å². The molecular weight excluding hydrogens is 326 g/mol. The molecule has 0 unspecified atom stereocenters. The van der Waals surface area contributed by atoms with E-state index >= 15 is 0 Å². The van der Waals surface area contributed by atoms with Crippen LogP contribution in [0.15, 0.2) is 24.5 Å². The zero-order valence-corrected chi connectivity index (χ0v) is 14.0. The molecule has 2 aromatic heterocycles. The maximum absolute atomic E-state index is 11.6. The van der Waals surface area contributed by atoms with E-state index in [-0.39, 0.29) is 11.7 Å². The molecule has 0 amide bonds. The average Bonchev–Trinajstić information content (AvgIpc) is 3.19. The van der Waals surface area contributed by atoms with Crippen molar-refractivity contribution in [2.75, 3.05) is 23.4 Å². The summed E-state index contributed by atoms with van der Waals surface area (Å²) in [6.45, 7) is 2.08. The Labute approximate surface area is 140 Å². The molecule has 0 bridgehead atoms. The Balaban J connectivity index is 1.59. The molecular formula is C16H19N5O2S. The number of aromatic nitrogens is 3. The largest absolute Gasteiger partial charge is 0.369 e. The summed E-state index contributed by atoms with van der Waals surface area (Å²) in [6.07, 6.45) is 4.17. The third-order valence-electron chi connectivity index (χ3n) is 4.51. The van der Waals surface area contributed by atoms with Gasteiger partial charge in [-0.2, -0.15) is 0 Å². The molecule has 0 aromatic carbocycles. The molecule has 1 atom stereocenters. The number of hydrogen-bond donors (Lipinski definition) is 2. The molecule has 0 radical (unpaired) electrons. The minimum atomic E-state index is -2.85. The molecule has 4 rings (SSSR count). The lowest BCUT2D eigenvalue weighted by atomic mass is 10.1. The molecule has 4 heterocycles. The molecule has 1 saturated heterocycles. The number of nitrogens with zero attached hydrogens (tertiary/aromatic N) is 3. The van der Waals surface area contributed by atoms with Gasteiger partial charge < -0.3 is 10.6 Å². The SMILES string of the molecule is O=S1(=O)CC[C@H](CNc2nc(-c3ccncc3)nc3c2CNC3)C1. The molecule has 1 fully saturated rings. The van der Waals surface area contributed by atoms with Crippen LogP contribution >= 0.6 is 0 Å². The van der Waals surface area contributed by atoms with Crippen molar-refractivity contribution in [3.63, 3.8) is 0 Å². The molecule has 2 aliphatic heterocycles. The second kappa shape index (κ2) is 6.10. The van der Waals surface area contributed by atoms with Gasteiger partial charge >= 0.3 is 0 Å². The van der Waals surface area contributed by atoms with Gasteiger partial charge in [0.15, 0.2) is 15.7 Å². The smallest absolute Gasteiger partial charge is 0.161 e. The molecule has 24 heavy (non-hydrogen) atoms. The first kappa shape index (κ1) is 15.5. The number of anilines is 1. The van der Waals surface area contributed by atoms with Crippen molar-refractivity contribution in [3.05, 3.63) is 35.8 Å². The van der Waals surface area contributed by atoms with Crippen molar-refractivity contribution >= 4 is 15.7 Å². The fourth-order valence-electron chi connectivity index (χ4n) is 3.22. The van der Waals surface area contributed by atoms with Crippen LogP contribution in [0, 0.1) is 5.92 Å². The first-order valence-corrected chi connectivity index (χ1v) is 9.88. The Morgan fingerprint density at radius 3 is 2.79 bits per heavy atom. The Morgan fingerprint density at radius 1 is 1.21 bits per heavy atom. The first-order chi connectivity index (χ1) is 11.6. The summed E-state index contributed by atoms with van der Waals surface area (Å²) < 4.78 is 23.2. The van der Waals surface area contributed by atoms with Crippen LogP contribution < -0.4 is 10.6 Å². The number of nitrogens with one attached hydrogen (secondary N) is 2. The zero-order valence-electron chi connectivity index (χ0n) is 13.2. The second-order valence-electron chi connectivity index (χ2n) is 6.31. The van der Waals surface area contributed by atoms with Crippen molar-refractivity contribution in [2.24, 2.45) is 5.92 Å². The lowest BCUT2D eigenvalue weighted by Crippen LogP contribution is -2.18. The van der Waals surface area contributed by atoms with Crippen LogP contribution in [-0.2, 0) is 22.9 Å². The highest BCUT2D eigenvalue weighted by Gasteiger charge is 2.28. The Kier molecular flexibility index (Phi) is 3.93. The van der Waals surface area contributed by atoms with E-state index < -0.39 is 9.84 Å². The van der Waals surface area contributed by atoms with Crippen LogP contribution in [0.3, 0.4) is 0 Å². The Bertz CT molecular complexity index is 854. The third-order valence-corrected chi connectivity index (χ3v) is 6.35. The highest BCUT2D eigenvalue weighted by atomic mass is 32.2. The number of fused-ring (bicyclic) bond motifs is 1. The molecule has 2 aromatic rings. The molecule has 0 spiro atoms. The van der Waals surface area contributed by atoms with Crippen molar-refractivity contribution in [2.45, 2.75) is 19.5 Å². The first-order valence-electron chi connectivity index (χ1n) is 8.06. The fraction of sp³-hybridized carbons (Fsp3) is 0.438. The lowest BCUT2D eigenvalue weighted by Gasteiger charge is -2.14. The summed E-state index contributed by atoms with van der Waals surface area (Å²) in [5.41, 5.74) is 3.00. The van der Waals surface area contributed by atoms with Crippen LogP contribution in [0.5, 0.6) is 0 Å². The second-order valence-corrected chi connectivity index (χ2v) is 8.54. The highest BCUT2D eigenvalue weighted by molar-refractivity contribution is 7.91. The van der Waals surface area contributed by atoms with Gasteiger partial charge in [0.2, 0.25) is 0 Å². The predicted molar refractivity (Wildman–Crippen MR) is 91.1 cm³/mol. The van der Waals surface area contributed by atoms with E-state index in [9.17, 15) is 8.42 Å². The van der Waals surface area contributed by atoms with Gasteiger partial charge in [0, 0.05) is 43.2 Å². The minimum absolute atomic E-state index is 0.152. The maximum atomic E-state index is 11.6. The van der Waals surface area contributed by atoms with Gasteiger partial charge in [-0.05, 0) is 24.5 Å². The zero-order chi connectivity index (χ0) is 16.6. The van der Waals surface area contributed by atoms with Crippen molar-refractivity contribution < 1.29 is 8.42 Å². The van der Waals surface area contributed by atoms with E-state index in [0.29, 0.717) is 18.1 Å². The molecule has 0 aliphatic carbocycles. The molecule has 126 valence electrons. The Hall–Kier alpha value is -2.06. The van der Waals surface area contributed by atoms with Crippen LogP contribution in [-0.4, -0.2) is 41.4 Å². The van der Waals surface area contributed by atoms with Gasteiger partial charge in [-0.1, -0.05) is 0 Å². The normalized spacial score (nSPS) is 21.6. The minimum Gasteiger partial charge on any atom is -0.369 e. The van der Waals surface area contributed by atoms with Gasteiger partial charge in [-0.25, -0.2) is 18.4 Å². The molecule has 0 saturated carbocycles. The van der Waals surface area contributed by atoms with E-state index in [1.807, 2.05) is 12.1 Å². The molecule has 2 N–H and O–H groups in total. The predicted octanol–water partition coefficient (Wildman–Crippen LogP) is 0.988. The maximum Gasteiger partial charge on any atom is 0.161 e. The molecule has 8 heteroatoms. The van der Waals surface area contributed by atoms with Gasteiger partial charge in [0.25, 0.3) is 0 Å². The van der Waals surface area contributed by atoms with Crippen LogP contribution in [0.2, 0.25) is 0 Å². The summed E-state index contributed by atoms with van der Waals surface area (Å²) in [7, 11) is -2.85. The van der Waals surface area contributed by atoms with Crippen molar-refractivity contribution in [1.82, 2.24) is 20.3 Å². The van der Waals surface area contributed by atoms with Crippen molar-refractivity contribution in [1.29, 1.82) is 0 Å². The highest BCUT2D eigenvalue weighted by Crippen LogP contribution is 2.26. The summed E-state index contributed by atoms with van der Waals surface area (Å²) in [5, 5.41) is 6.66. The fourth-order valence-corrected chi connectivity index (χ4v) is 5.08. The van der Waals surface area contributed by atoms with Gasteiger partial charge in [0.05, 0.1) is 17.2 Å². The van der Waals surface area contributed by atoms with Gasteiger partial charge in [-0.3, -0.25) is 4.98 Å². The van der Waals surface area contributed by atoms with E-state index in [2.05, 4.69) is 25.6 Å². The number of pyridine rings is 1. The van der Waals surface area contributed by atoms with E-state index in [1.54, 1.807) is 12.4 Å². The number of sulfone groups is 1. The number of hydrogen-bond acceptors (Lipinski definition) is 7. The monoisotopic (exact) mass is 345 g/mol. The lowest BCUT2D eigenvalue weighted by molar-refractivity contribution is 0.595. The van der Waals surface area contributed by atoms with Gasteiger partial charge in [0.1, 0.15) is 5.82 Å². The van der Waals surface area contributed by atoms with Crippen LogP contribution in [0.4, 0.5) is 5.82 Å². The van der Waals surface area contributed by atoms with Crippen molar-refractivity contribution in [3.8, 4) is 11.4 Å². The summed E-state index contributed by atoms with van der Waals surface area (Å²) in [6, 6.07) is 3.77. The summed E-state index contributed by atoms with van der Waals surface area (Å²) in [4.78, 5) is 13.3.